The zero-order chi connectivity index (χ0) is 20.1. The Morgan fingerprint density at radius 2 is 2.00 bits per heavy atom. The molecule has 3 rings (SSSR count). The maximum atomic E-state index is 12.2. The molecule has 1 N–H and O–H groups in total. The van der Waals surface area contributed by atoms with E-state index in [1.807, 2.05) is 30.7 Å². The van der Waals surface area contributed by atoms with E-state index >= 15 is 0 Å². The highest BCUT2D eigenvalue weighted by Crippen LogP contribution is 2.25. The van der Waals surface area contributed by atoms with Gasteiger partial charge in [0.05, 0.1) is 5.75 Å². The van der Waals surface area contributed by atoms with Crippen LogP contribution in [0, 0.1) is 13.8 Å². The van der Waals surface area contributed by atoms with E-state index in [1.54, 1.807) is 0 Å². The van der Waals surface area contributed by atoms with Crippen LogP contribution in [-0.4, -0.2) is 32.5 Å². The molecule has 1 aliphatic rings. The molecule has 1 aromatic heterocycles. The predicted octanol–water partition coefficient (Wildman–Crippen LogP) is 4.11. The number of nitrogens with zero attached hydrogens (tertiary/aromatic N) is 3. The molecule has 0 spiro atoms. The SMILES string of the molecule is Cc1ccc(OC(C)c2nnc(SCC(=O)NC3CCCCC3)n2C)cc1C. The van der Waals surface area contributed by atoms with Crippen LogP contribution in [0.1, 0.15) is 62.1 Å². The van der Waals surface area contributed by atoms with Gasteiger partial charge in [0, 0.05) is 13.1 Å². The van der Waals surface area contributed by atoms with Gasteiger partial charge in [-0.2, -0.15) is 0 Å². The third-order valence-electron chi connectivity index (χ3n) is 5.33. The molecule has 7 heteroatoms. The molecule has 1 unspecified atom stereocenters. The van der Waals surface area contributed by atoms with Crippen LogP contribution in [-0.2, 0) is 11.8 Å². The second kappa shape index (κ2) is 9.45. The third-order valence-corrected chi connectivity index (χ3v) is 6.35. The van der Waals surface area contributed by atoms with Crippen LogP contribution in [0.5, 0.6) is 5.75 Å². The number of benzene rings is 1. The van der Waals surface area contributed by atoms with Crippen molar-refractivity contribution in [2.45, 2.75) is 70.2 Å². The molecule has 1 amide bonds. The monoisotopic (exact) mass is 402 g/mol. The molecule has 0 aliphatic heterocycles. The first-order valence-corrected chi connectivity index (χ1v) is 11.0. The molecule has 1 heterocycles. The first kappa shape index (κ1) is 20.7. The van der Waals surface area contributed by atoms with E-state index in [0.29, 0.717) is 11.8 Å². The number of carbonyl (C=O) groups is 1. The van der Waals surface area contributed by atoms with Crippen molar-refractivity contribution in [3.05, 3.63) is 35.2 Å². The Kier molecular flexibility index (Phi) is 6.99. The lowest BCUT2D eigenvalue weighted by Gasteiger charge is -2.22. The van der Waals surface area contributed by atoms with Crippen LogP contribution in [0.25, 0.3) is 0 Å². The summed E-state index contributed by atoms with van der Waals surface area (Å²) in [6.45, 7) is 6.12. The minimum atomic E-state index is -0.231. The highest BCUT2D eigenvalue weighted by atomic mass is 32.2. The van der Waals surface area contributed by atoms with Crippen molar-refractivity contribution in [2.75, 3.05) is 5.75 Å². The van der Waals surface area contributed by atoms with Crippen molar-refractivity contribution in [2.24, 2.45) is 7.05 Å². The maximum absolute atomic E-state index is 12.2. The number of ether oxygens (including phenoxy) is 1. The van der Waals surface area contributed by atoms with Gasteiger partial charge < -0.3 is 14.6 Å². The zero-order valence-corrected chi connectivity index (χ0v) is 18.0. The highest BCUT2D eigenvalue weighted by Gasteiger charge is 2.19. The maximum Gasteiger partial charge on any atom is 0.230 e. The summed E-state index contributed by atoms with van der Waals surface area (Å²) in [6, 6.07) is 6.40. The number of rotatable bonds is 7. The summed E-state index contributed by atoms with van der Waals surface area (Å²) in [5.41, 5.74) is 2.44. The van der Waals surface area contributed by atoms with Crippen molar-refractivity contribution in [3.8, 4) is 5.75 Å². The standard InChI is InChI=1S/C21H30N4O2S/c1-14-10-11-18(12-15(14)2)27-16(3)20-23-24-21(25(20)4)28-13-19(26)22-17-8-6-5-7-9-17/h10-12,16-17H,5-9,13H2,1-4H3,(H,22,26). The van der Waals surface area contributed by atoms with Crippen LogP contribution in [0.2, 0.25) is 0 Å². The Balaban J connectivity index is 1.55. The fourth-order valence-electron chi connectivity index (χ4n) is 3.50. The lowest BCUT2D eigenvalue weighted by Crippen LogP contribution is -2.37. The van der Waals surface area contributed by atoms with Crippen LogP contribution >= 0.6 is 11.8 Å². The van der Waals surface area contributed by atoms with E-state index in [1.165, 1.54) is 42.2 Å². The quantitative estimate of drug-likeness (QED) is 0.706. The Bertz CT molecular complexity index is 815. The Morgan fingerprint density at radius 1 is 1.25 bits per heavy atom. The second-order valence-corrected chi connectivity index (χ2v) is 8.54. The average Bonchev–Trinajstić information content (AvgIpc) is 3.04. The van der Waals surface area contributed by atoms with Crippen LogP contribution < -0.4 is 10.1 Å². The smallest absolute Gasteiger partial charge is 0.230 e. The van der Waals surface area contributed by atoms with Crippen molar-refractivity contribution in [3.63, 3.8) is 0 Å². The number of aryl methyl sites for hydroxylation is 2. The van der Waals surface area contributed by atoms with Gasteiger partial charge in [0.1, 0.15) is 5.75 Å². The van der Waals surface area contributed by atoms with Gasteiger partial charge in [-0.3, -0.25) is 4.79 Å². The Morgan fingerprint density at radius 3 is 2.71 bits per heavy atom. The predicted molar refractivity (Wildman–Crippen MR) is 112 cm³/mol. The van der Waals surface area contributed by atoms with E-state index in [0.717, 1.165) is 29.6 Å². The van der Waals surface area contributed by atoms with Gasteiger partial charge in [0.25, 0.3) is 0 Å². The van der Waals surface area contributed by atoms with Gasteiger partial charge in [-0.1, -0.05) is 37.1 Å². The topological polar surface area (TPSA) is 69.0 Å². The Hall–Kier alpha value is -2.02. The number of carbonyl (C=O) groups excluding carboxylic acids is 1. The van der Waals surface area contributed by atoms with Gasteiger partial charge in [-0.25, -0.2) is 0 Å². The van der Waals surface area contributed by atoms with Crippen molar-refractivity contribution in [1.29, 1.82) is 0 Å². The molecule has 28 heavy (non-hydrogen) atoms. The second-order valence-electron chi connectivity index (χ2n) is 7.60. The van der Waals surface area contributed by atoms with Gasteiger partial charge in [-0.05, 0) is 56.9 Å². The number of aromatic nitrogens is 3. The molecule has 6 nitrogen and oxygen atoms in total. The summed E-state index contributed by atoms with van der Waals surface area (Å²) in [5, 5.41) is 12.4. The lowest BCUT2D eigenvalue weighted by molar-refractivity contribution is -0.119. The van der Waals surface area contributed by atoms with Gasteiger partial charge in [0.15, 0.2) is 17.1 Å². The third kappa shape index (κ3) is 5.28. The van der Waals surface area contributed by atoms with Gasteiger partial charge >= 0.3 is 0 Å². The minimum absolute atomic E-state index is 0.0703. The zero-order valence-electron chi connectivity index (χ0n) is 17.2. The lowest BCUT2D eigenvalue weighted by atomic mass is 9.95. The molecule has 0 radical (unpaired) electrons. The summed E-state index contributed by atoms with van der Waals surface area (Å²) in [4.78, 5) is 12.2. The van der Waals surface area contributed by atoms with E-state index in [4.69, 9.17) is 4.74 Å². The molecule has 1 fully saturated rings. The number of thioether (sulfide) groups is 1. The summed E-state index contributed by atoms with van der Waals surface area (Å²) in [5.74, 6) is 1.99. The minimum Gasteiger partial charge on any atom is -0.483 e. The fourth-order valence-corrected chi connectivity index (χ4v) is 4.23. The molecule has 152 valence electrons. The number of amides is 1. The largest absolute Gasteiger partial charge is 0.483 e. The molecule has 1 aromatic carbocycles. The number of nitrogens with one attached hydrogen (secondary N) is 1. The van der Waals surface area contributed by atoms with E-state index < -0.39 is 0 Å². The molecule has 1 saturated carbocycles. The van der Waals surface area contributed by atoms with Gasteiger partial charge in [-0.15, -0.1) is 10.2 Å². The van der Waals surface area contributed by atoms with Crippen LogP contribution in [0.4, 0.5) is 0 Å². The highest BCUT2D eigenvalue weighted by molar-refractivity contribution is 7.99. The van der Waals surface area contributed by atoms with Crippen molar-refractivity contribution >= 4 is 17.7 Å². The van der Waals surface area contributed by atoms with E-state index in [2.05, 4.69) is 35.4 Å². The van der Waals surface area contributed by atoms with E-state index in [-0.39, 0.29) is 12.0 Å². The first-order valence-electron chi connectivity index (χ1n) is 9.99. The summed E-state index contributed by atoms with van der Waals surface area (Å²) >= 11 is 1.41. The Labute approximate surface area is 171 Å². The summed E-state index contributed by atoms with van der Waals surface area (Å²) in [6.07, 6.45) is 5.66. The normalized spacial score (nSPS) is 16.0. The number of hydrogen-bond acceptors (Lipinski definition) is 5. The molecule has 1 aliphatic carbocycles. The molecule has 1 atom stereocenters. The summed E-state index contributed by atoms with van der Waals surface area (Å²) in [7, 11) is 1.91. The van der Waals surface area contributed by atoms with E-state index in [9.17, 15) is 4.79 Å². The van der Waals surface area contributed by atoms with Crippen LogP contribution in [0.3, 0.4) is 0 Å². The molecule has 0 bridgehead atoms. The molecule has 2 aromatic rings. The average molecular weight is 403 g/mol. The molecular formula is C21H30N4O2S. The van der Waals surface area contributed by atoms with Gasteiger partial charge in [0.2, 0.25) is 5.91 Å². The van der Waals surface area contributed by atoms with Crippen LogP contribution in [0.15, 0.2) is 23.4 Å². The first-order chi connectivity index (χ1) is 13.4. The fraction of sp³-hybridized carbons (Fsp3) is 0.571. The van der Waals surface area contributed by atoms with Crippen molar-refractivity contribution < 1.29 is 9.53 Å². The van der Waals surface area contributed by atoms with Crippen molar-refractivity contribution in [1.82, 2.24) is 20.1 Å². The number of hydrogen-bond donors (Lipinski definition) is 1. The molecule has 0 saturated heterocycles. The summed E-state index contributed by atoms with van der Waals surface area (Å²) < 4.78 is 7.95. The molecular weight excluding hydrogens is 372 g/mol.